The summed E-state index contributed by atoms with van der Waals surface area (Å²) in [4.78, 5) is 32.3. The van der Waals surface area contributed by atoms with Crippen LogP contribution in [0.15, 0.2) is 71.3 Å². The number of hydrogen-bond donors (Lipinski definition) is 0. The first kappa shape index (κ1) is 23.4. The highest BCUT2D eigenvalue weighted by atomic mass is 19.4. The molecule has 0 bridgehead atoms. The molecule has 0 fully saturated rings. The summed E-state index contributed by atoms with van der Waals surface area (Å²) in [5.41, 5.74) is 1.99. The largest absolute Gasteiger partial charge is 0.506 e. The van der Waals surface area contributed by atoms with Gasteiger partial charge in [0.15, 0.2) is 6.54 Å². The maximum Gasteiger partial charge on any atom is 0.506 e. The van der Waals surface area contributed by atoms with E-state index >= 15 is 0 Å². The summed E-state index contributed by atoms with van der Waals surface area (Å²) in [6.45, 7) is 3.59. The molecule has 10 heteroatoms. The van der Waals surface area contributed by atoms with Crippen LogP contribution in [0.2, 0.25) is 0 Å². The first-order chi connectivity index (χ1) is 17.1. The zero-order valence-electron chi connectivity index (χ0n) is 19.3. The van der Waals surface area contributed by atoms with Crippen molar-refractivity contribution in [1.29, 1.82) is 0 Å². The molecule has 2 aromatic carbocycles. The monoisotopic (exact) mass is 493 g/mol. The highest BCUT2D eigenvalue weighted by Gasteiger charge is 2.48. The Morgan fingerprint density at radius 2 is 1.81 bits per heavy atom. The second-order valence-corrected chi connectivity index (χ2v) is 8.63. The molecule has 2 heterocycles. The molecular formula is C26H20F3N4O3+. The molecule has 0 radical (unpaired) electrons. The van der Waals surface area contributed by atoms with Crippen LogP contribution in [0.25, 0.3) is 11.4 Å². The van der Waals surface area contributed by atoms with Crippen LogP contribution in [-0.2, 0) is 17.5 Å². The summed E-state index contributed by atoms with van der Waals surface area (Å²) in [5, 5.41) is 3.81. The topological polar surface area (TPSA) is 79.3 Å². The number of rotatable bonds is 4. The summed E-state index contributed by atoms with van der Waals surface area (Å²) in [6.07, 6.45) is 2.31. The van der Waals surface area contributed by atoms with E-state index in [1.807, 2.05) is 19.9 Å². The molecule has 0 spiro atoms. The van der Waals surface area contributed by atoms with Gasteiger partial charge in [0.2, 0.25) is 5.82 Å². The van der Waals surface area contributed by atoms with E-state index in [2.05, 4.69) is 10.1 Å². The van der Waals surface area contributed by atoms with Crippen LogP contribution < -0.4 is 4.90 Å². The van der Waals surface area contributed by atoms with Gasteiger partial charge < -0.3 is 4.52 Å². The third kappa shape index (κ3) is 4.26. The Labute approximate surface area is 203 Å². The number of aryl methyl sites for hydroxylation is 2. The van der Waals surface area contributed by atoms with Gasteiger partial charge in [0.25, 0.3) is 5.89 Å². The fourth-order valence-corrected chi connectivity index (χ4v) is 4.35. The van der Waals surface area contributed by atoms with Gasteiger partial charge in [-0.1, -0.05) is 41.6 Å². The Morgan fingerprint density at radius 1 is 1.06 bits per heavy atom. The van der Waals surface area contributed by atoms with Crippen molar-refractivity contribution < 1.29 is 31.9 Å². The van der Waals surface area contributed by atoms with Crippen LogP contribution in [0.3, 0.4) is 0 Å². The Morgan fingerprint density at radius 3 is 2.53 bits per heavy atom. The molecule has 36 heavy (non-hydrogen) atoms. The number of nitrogens with zero attached hydrogens (tertiary/aromatic N) is 4. The number of alkyl halides is 3. The standard InChI is InChI=1S/C26H20F3N4O3/c1-15-10-16(2)12-19(11-15)33-24(34)20-8-3-4-9-21(20)32(25(33)35)14-22-30-23(31-36-22)17-6-5-7-18(13-17)26(27,28)29/h3-13,20H,14H2,1-2H3/q+1. The third-order valence-corrected chi connectivity index (χ3v) is 5.89. The molecule has 3 aromatic rings. The predicted octanol–water partition coefficient (Wildman–Crippen LogP) is 5.23. The van der Waals surface area contributed by atoms with Gasteiger partial charge in [-0.25, -0.2) is 4.79 Å². The molecular weight excluding hydrogens is 473 g/mol. The summed E-state index contributed by atoms with van der Waals surface area (Å²) in [6, 6.07) is 9.45. The summed E-state index contributed by atoms with van der Waals surface area (Å²) >= 11 is 0. The number of hydrogen-bond acceptors (Lipinski definition) is 5. The SMILES string of the molecule is Cc1cc(C)cc(N2C(=O)C3C=CC=CC3=[N+](Cc3nc(-c4cccc(C(F)(F)F)c4)no3)C2=O)c1. The summed E-state index contributed by atoms with van der Waals surface area (Å²) < 4.78 is 46.0. The van der Waals surface area contributed by atoms with Gasteiger partial charge in [-0.15, -0.1) is 4.90 Å². The van der Waals surface area contributed by atoms with Crippen molar-refractivity contribution >= 4 is 23.3 Å². The van der Waals surface area contributed by atoms with Crippen molar-refractivity contribution in [3.8, 4) is 11.4 Å². The number of amides is 3. The molecule has 0 N–H and O–H groups in total. The summed E-state index contributed by atoms with van der Waals surface area (Å²) in [5.74, 6) is -1.10. The van der Waals surface area contributed by atoms with Crippen LogP contribution in [0.4, 0.5) is 23.7 Å². The number of benzene rings is 2. The number of allylic oxidation sites excluding steroid dienone is 3. The zero-order chi connectivity index (χ0) is 25.6. The third-order valence-electron chi connectivity index (χ3n) is 5.89. The highest BCUT2D eigenvalue weighted by Crippen LogP contribution is 2.32. The lowest BCUT2D eigenvalue weighted by Crippen LogP contribution is -2.54. The van der Waals surface area contributed by atoms with E-state index < -0.39 is 23.7 Å². The maximum atomic E-state index is 13.6. The van der Waals surface area contributed by atoms with Gasteiger partial charge in [0.1, 0.15) is 17.3 Å². The van der Waals surface area contributed by atoms with Gasteiger partial charge in [-0.2, -0.15) is 27.5 Å². The van der Waals surface area contributed by atoms with Crippen molar-refractivity contribution in [2.45, 2.75) is 26.6 Å². The van der Waals surface area contributed by atoms with E-state index in [-0.39, 0.29) is 29.7 Å². The number of fused-ring (bicyclic) bond motifs is 1. The molecule has 0 saturated carbocycles. The molecule has 7 nitrogen and oxygen atoms in total. The maximum absolute atomic E-state index is 13.6. The van der Waals surface area contributed by atoms with E-state index in [1.165, 1.54) is 16.7 Å². The molecule has 1 aliphatic carbocycles. The smallest absolute Gasteiger partial charge is 0.335 e. The lowest BCUT2D eigenvalue weighted by molar-refractivity contribution is -0.449. The molecule has 0 saturated heterocycles. The van der Waals surface area contributed by atoms with E-state index in [0.29, 0.717) is 11.4 Å². The lowest BCUT2D eigenvalue weighted by Gasteiger charge is -2.26. The van der Waals surface area contributed by atoms with E-state index in [9.17, 15) is 22.8 Å². The van der Waals surface area contributed by atoms with E-state index in [0.717, 1.165) is 28.2 Å². The van der Waals surface area contributed by atoms with Crippen molar-refractivity contribution in [1.82, 2.24) is 10.1 Å². The molecule has 3 amide bonds. The number of halogens is 3. The van der Waals surface area contributed by atoms with Crippen LogP contribution in [0.5, 0.6) is 0 Å². The minimum atomic E-state index is -4.51. The Kier molecular flexibility index (Phi) is 5.66. The average molecular weight is 493 g/mol. The molecule has 1 atom stereocenters. The minimum absolute atomic E-state index is 0.0136. The van der Waals surface area contributed by atoms with Gasteiger partial charge >= 0.3 is 18.1 Å². The van der Waals surface area contributed by atoms with Gasteiger partial charge in [0, 0.05) is 5.56 Å². The predicted molar refractivity (Wildman–Crippen MR) is 124 cm³/mol. The minimum Gasteiger partial charge on any atom is -0.335 e. The van der Waals surface area contributed by atoms with Crippen molar-refractivity contribution in [2.75, 3.05) is 4.90 Å². The fraction of sp³-hybridized carbons (Fsp3) is 0.192. The normalized spacial score (nSPS) is 17.7. The molecule has 5 rings (SSSR count). The van der Waals surface area contributed by atoms with Crippen LogP contribution in [-0.4, -0.2) is 32.4 Å². The number of anilines is 1. The Hall–Kier alpha value is -4.34. The van der Waals surface area contributed by atoms with Gasteiger partial charge in [-0.3, -0.25) is 0 Å². The first-order valence-corrected chi connectivity index (χ1v) is 11.1. The Balaban J connectivity index is 1.51. The second-order valence-electron chi connectivity index (χ2n) is 8.63. The van der Waals surface area contributed by atoms with Crippen molar-refractivity contribution in [2.24, 2.45) is 5.92 Å². The lowest BCUT2D eigenvalue weighted by atomic mass is 9.94. The molecule has 1 aliphatic heterocycles. The average Bonchev–Trinajstić information content (AvgIpc) is 3.30. The van der Waals surface area contributed by atoms with E-state index in [1.54, 1.807) is 36.4 Å². The van der Waals surface area contributed by atoms with Gasteiger partial charge in [0.05, 0.1) is 5.56 Å². The van der Waals surface area contributed by atoms with Crippen molar-refractivity contribution in [3.63, 3.8) is 0 Å². The number of carbonyl (C=O) groups is 2. The quantitative estimate of drug-likeness (QED) is 0.465. The van der Waals surface area contributed by atoms with Crippen LogP contribution in [0, 0.1) is 19.8 Å². The Bertz CT molecular complexity index is 1460. The number of urea groups is 1. The van der Waals surface area contributed by atoms with Gasteiger partial charge in [-0.05, 0) is 55.3 Å². The number of imide groups is 1. The van der Waals surface area contributed by atoms with Crippen LogP contribution >= 0.6 is 0 Å². The highest BCUT2D eigenvalue weighted by molar-refractivity contribution is 6.25. The number of carbonyl (C=O) groups excluding carboxylic acids is 2. The second kappa shape index (κ2) is 8.71. The first-order valence-electron chi connectivity index (χ1n) is 11.1. The van der Waals surface area contributed by atoms with E-state index in [4.69, 9.17) is 4.52 Å². The number of aromatic nitrogens is 2. The molecule has 2 aliphatic rings. The van der Waals surface area contributed by atoms with Crippen molar-refractivity contribution in [3.05, 3.63) is 89.3 Å². The zero-order valence-corrected chi connectivity index (χ0v) is 19.3. The fourth-order valence-electron chi connectivity index (χ4n) is 4.35. The molecule has 1 unspecified atom stereocenters. The van der Waals surface area contributed by atoms with Crippen LogP contribution in [0.1, 0.15) is 22.6 Å². The molecule has 182 valence electrons. The summed E-state index contributed by atoms with van der Waals surface area (Å²) in [7, 11) is 0. The molecule has 1 aromatic heterocycles.